The number of halogens is 3. The van der Waals surface area contributed by atoms with E-state index in [0.717, 1.165) is 23.6 Å². The number of rotatable bonds is 4. The molecule has 1 saturated carbocycles. The van der Waals surface area contributed by atoms with Crippen LogP contribution in [0.5, 0.6) is 5.75 Å². The van der Waals surface area contributed by atoms with Crippen LogP contribution in [0, 0.1) is 12.7 Å². The first-order chi connectivity index (χ1) is 15.8. The molecule has 0 bridgehead atoms. The minimum Gasteiger partial charge on any atom is -0.487 e. The van der Waals surface area contributed by atoms with Gasteiger partial charge in [-0.15, -0.1) is 0 Å². The van der Waals surface area contributed by atoms with Gasteiger partial charge in [0.05, 0.1) is 17.3 Å². The number of aliphatic hydroxyl groups excluding tert-OH is 2. The normalized spacial score (nSPS) is 27.3. The number of fused-ring (bicyclic) bond motifs is 2. The van der Waals surface area contributed by atoms with E-state index in [-0.39, 0.29) is 23.7 Å². The Morgan fingerprint density at radius 3 is 2.76 bits per heavy atom. The maximum Gasteiger partial charge on any atom is 0.266 e. The fourth-order valence-corrected chi connectivity index (χ4v) is 5.37. The molecule has 6 nitrogen and oxygen atoms in total. The van der Waals surface area contributed by atoms with Crippen molar-refractivity contribution in [1.29, 1.82) is 0 Å². The first kappa shape index (κ1) is 22.2. The van der Waals surface area contributed by atoms with Gasteiger partial charge in [0.25, 0.3) is 6.43 Å². The van der Waals surface area contributed by atoms with E-state index in [1.165, 1.54) is 6.33 Å². The monoisotopic (exact) mass is 461 g/mol. The number of aromatic nitrogens is 3. The highest BCUT2D eigenvalue weighted by molar-refractivity contribution is 5.78. The second-order valence-electron chi connectivity index (χ2n) is 9.12. The van der Waals surface area contributed by atoms with Crippen LogP contribution in [0.25, 0.3) is 11.0 Å². The van der Waals surface area contributed by atoms with Crippen LogP contribution in [0.4, 0.5) is 13.2 Å². The van der Waals surface area contributed by atoms with Crippen LogP contribution in [0.2, 0.25) is 0 Å². The third kappa shape index (κ3) is 3.58. The minimum atomic E-state index is -2.98. The Morgan fingerprint density at radius 2 is 2.00 bits per heavy atom. The molecule has 5 rings (SSSR count). The smallest absolute Gasteiger partial charge is 0.266 e. The summed E-state index contributed by atoms with van der Waals surface area (Å²) in [5.41, 5.74) is 1.60. The van der Waals surface area contributed by atoms with Crippen molar-refractivity contribution in [1.82, 2.24) is 14.5 Å². The lowest BCUT2D eigenvalue weighted by Gasteiger charge is -2.28. The van der Waals surface area contributed by atoms with Gasteiger partial charge in [0.15, 0.2) is 0 Å². The first-order valence-corrected chi connectivity index (χ1v) is 11.2. The number of alkyl halides is 2. The van der Waals surface area contributed by atoms with E-state index in [2.05, 4.69) is 9.97 Å². The second kappa shape index (κ2) is 8.29. The zero-order chi connectivity index (χ0) is 23.4. The van der Waals surface area contributed by atoms with Crippen LogP contribution in [-0.4, -0.2) is 43.1 Å². The molecule has 2 heterocycles. The van der Waals surface area contributed by atoms with E-state index in [9.17, 15) is 23.4 Å². The maximum atomic E-state index is 14.9. The molecular formula is C24H26F3N3O3. The van der Waals surface area contributed by atoms with Gasteiger partial charge in [-0.2, -0.15) is 0 Å². The zero-order valence-corrected chi connectivity index (χ0v) is 18.4. The van der Waals surface area contributed by atoms with Gasteiger partial charge >= 0.3 is 0 Å². The number of nitrogens with zero attached hydrogens (tertiary/aromatic N) is 3. The molecule has 0 saturated heterocycles. The van der Waals surface area contributed by atoms with Crippen LogP contribution in [-0.2, 0) is 6.42 Å². The van der Waals surface area contributed by atoms with Crippen LogP contribution < -0.4 is 4.74 Å². The highest BCUT2D eigenvalue weighted by Gasteiger charge is 2.45. The van der Waals surface area contributed by atoms with E-state index >= 15 is 0 Å². The van der Waals surface area contributed by atoms with E-state index in [4.69, 9.17) is 4.74 Å². The van der Waals surface area contributed by atoms with Gasteiger partial charge in [-0.1, -0.05) is 6.92 Å². The molecule has 176 valence electrons. The van der Waals surface area contributed by atoms with Crippen LogP contribution in [0.3, 0.4) is 0 Å². The van der Waals surface area contributed by atoms with Crippen LogP contribution in [0.1, 0.15) is 67.0 Å². The van der Waals surface area contributed by atoms with Gasteiger partial charge in [-0.3, -0.25) is 0 Å². The van der Waals surface area contributed by atoms with E-state index in [1.54, 1.807) is 10.8 Å². The van der Waals surface area contributed by atoms with Gasteiger partial charge in [-0.05, 0) is 49.8 Å². The van der Waals surface area contributed by atoms with Crippen LogP contribution >= 0.6 is 0 Å². The molecule has 0 aliphatic heterocycles. The summed E-state index contributed by atoms with van der Waals surface area (Å²) in [5.74, 6) is -0.894. The summed E-state index contributed by atoms with van der Waals surface area (Å²) in [4.78, 5) is 8.49. The van der Waals surface area contributed by atoms with Gasteiger partial charge in [0, 0.05) is 23.6 Å². The lowest BCUT2D eigenvalue weighted by Crippen LogP contribution is -2.34. The summed E-state index contributed by atoms with van der Waals surface area (Å²) in [6, 6.07) is 2.39. The minimum absolute atomic E-state index is 0.167. The van der Waals surface area contributed by atoms with Crippen molar-refractivity contribution in [2.45, 2.75) is 76.2 Å². The molecule has 0 amide bonds. The molecule has 9 heteroatoms. The first-order valence-electron chi connectivity index (χ1n) is 11.2. The van der Waals surface area contributed by atoms with Crippen molar-refractivity contribution >= 4 is 11.0 Å². The average molecular weight is 461 g/mol. The molecule has 5 atom stereocenters. The SMILES string of the molecule is Cc1ncnc2c1ccn2[C@@H]1C[C@H](Oc2cc(C(F)F)c(F)c3c2CCC[C@H]3C)[C@@H](O)[C@H]1O. The lowest BCUT2D eigenvalue weighted by atomic mass is 9.82. The van der Waals surface area contributed by atoms with Crippen molar-refractivity contribution in [3.8, 4) is 5.75 Å². The Labute approximate surface area is 189 Å². The fourth-order valence-electron chi connectivity index (χ4n) is 5.37. The highest BCUT2D eigenvalue weighted by atomic mass is 19.3. The average Bonchev–Trinajstić information content (AvgIpc) is 3.32. The Balaban J connectivity index is 1.49. The molecule has 2 aliphatic rings. The van der Waals surface area contributed by atoms with Crippen molar-refractivity contribution in [2.75, 3.05) is 0 Å². The third-order valence-corrected chi connectivity index (χ3v) is 7.13. The second-order valence-corrected chi connectivity index (χ2v) is 9.12. The summed E-state index contributed by atoms with van der Waals surface area (Å²) < 4.78 is 49.9. The highest BCUT2D eigenvalue weighted by Crippen LogP contribution is 2.44. The summed E-state index contributed by atoms with van der Waals surface area (Å²) >= 11 is 0. The van der Waals surface area contributed by atoms with Crippen molar-refractivity contribution in [3.05, 3.63) is 52.9 Å². The van der Waals surface area contributed by atoms with E-state index in [1.807, 2.05) is 19.9 Å². The molecule has 2 aliphatic carbocycles. The van der Waals surface area contributed by atoms with Gasteiger partial charge in [0.2, 0.25) is 0 Å². The molecular weight excluding hydrogens is 435 g/mol. The summed E-state index contributed by atoms with van der Waals surface area (Å²) in [6.07, 6.45) is -0.726. The standard InChI is InChI=1S/C24H26F3N3O3/c1-11-4-3-5-14-17(8-15(23(26)27)20(25)19(11)14)33-18-9-16(21(31)22(18)32)30-7-6-13-12(2)28-10-29-24(13)30/h6-8,10-11,16,18,21-23,31-32H,3-5,9H2,1-2H3/t11-,16-,18+,21+,22-/m1/s1. The third-order valence-electron chi connectivity index (χ3n) is 7.13. The predicted octanol–water partition coefficient (Wildman–Crippen LogP) is 4.37. The molecule has 0 unspecified atom stereocenters. The Bertz CT molecular complexity index is 1200. The van der Waals surface area contributed by atoms with E-state index in [0.29, 0.717) is 24.1 Å². The molecule has 2 aromatic heterocycles. The van der Waals surface area contributed by atoms with E-state index < -0.39 is 42.2 Å². The zero-order valence-electron chi connectivity index (χ0n) is 18.4. The summed E-state index contributed by atoms with van der Waals surface area (Å²) in [5, 5.41) is 22.4. The van der Waals surface area contributed by atoms with Gasteiger partial charge in [-0.25, -0.2) is 23.1 Å². The molecule has 1 aromatic carbocycles. The Kier molecular flexibility index (Phi) is 5.56. The topological polar surface area (TPSA) is 80.4 Å². The Hall–Kier alpha value is -2.65. The van der Waals surface area contributed by atoms with Gasteiger partial charge in [0.1, 0.15) is 41.9 Å². The summed E-state index contributed by atoms with van der Waals surface area (Å²) in [6.45, 7) is 3.69. The summed E-state index contributed by atoms with van der Waals surface area (Å²) in [7, 11) is 0. The molecule has 3 aromatic rings. The number of ether oxygens (including phenoxy) is 1. The quantitative estimate of drug-likeness (QED) is 0.603. The van der Waals surface area contributed by atoms with Crippen molar-refractivity contribution in [3.63, 3.8) is 0 Å². The lowest BCUT2D eigenvalue weighted by molar-refractivity contribution is -0.0167. The largest absolute Gasteiger partial charge is 0.487 e. The molecule has 1 fully saturated rings. The number of aryl methyl sites for hydroxylation is 1. The molecule has 0 spiro atoms. The number of hydrogen-bond donors (Lipinski definition) is 2. The van der Waals surface area contributed by atoms with Crippen molar-refractivity contribution in [2.24, 2.45) is 0 Å². The number of hydrogen-bond acceptors (Lipinski definition) is 5. The predicted molar refractivity (Wildman–Crippen MR) is 115 cm³/mol. The molecule has 2 N–H and O–H groups in total. The number of benzene rings is 1. The van der Waals surface area contributed by atoms with Crippen LogP contribution in [0.15, 0.2) is 24.7 Å². The van der Waals surface area contributed by atoms with Crippen molar-refractivity contribution < 1.29 is 28.1 Å². The molecule has 33 heavy (non-hydrogen) atoms. The fraction of sp³-hybridized carbons (Fsp3) is 0.500. The Morgan fingerprint density at radius 1 is 1.21 bits per heavy atom. The van der Waals surface area contributed by atoms with Gasteiger partial charge < -0.3 is 19.5 Å². The molecule has 0 radical (unpaired) electrons. The number of aliphatic hydroxyl groups is 2. The maximum absolute atomic E-state index is 14.9.